The van der Waals surface area contributed by atoms with Crippen molar-refractivity contribution in [2.75, 3.05) is 20.3 Å². The maximum absolute atomic E-state index is 5.27. The lowest BCUT2D eigenvalue weighted by Gasteiger charge is -2.13. The third-order valence-electron chi connectivity index (χ3n) is 2.20. The summed E-state index contributed by atoms with van der Waals surface area (Å²) in [6, 6.07) is 0.645. The lowest BCUT2D eigenvalue weighted by atomic mass is 10.0. The van der Waals surface area contributed by atoms with Crippen LogP contribution >= 0.6 is 0 Å². The monoisotopic (exact) mass is 143 g/mol. The lowest BCUT2D eigenvalue weighted by Crippen LogP contribution is -2.24. The van der Waals surface area contributed by atoms with Crippen LogP contribution in [0.4, 0.5) is 0 Å². The van der Waals surface area contributed by atoms with Crippen LogP contribution in [0.15, 0.2) is 0 Å². The maximum Gasteiger partial charge on any atom is 0.0495 e. The van der Waals surface area contributed by atoms with E-state index in [1.165, 1.54) is 12.8 Å². The fourth-order valence-corrected chi connectivity index (χ4v) is 1.39. The Kier molecular flexibility index (Phi) is 3.16. The Labute approximate surface area is 63.0 Å². The smallest absolute Gasteiger partial charge is 0.0495 e. The Bertz CT molecular complexity index is 89.3. The van der Waals surface area contributed by atoms with Crippen molar-refractivity contribution in [3.05, 3.63) is 0 Å². The average molecular weight is 143 g/mol. The first-order chi connectivity index (χ1) is 4.83. The van der Waals surface area contributed by atoms with E-state index in [9.17, 15) is 0 Å². The molecule has 0 saturated carbocycles. The van der Waals surface area contributed by atoms with Crippen LogP contribution in [0, 0.1) is 5.92 Å². The molecule has 1 heterocycles. The molecule has 2 unspecified atom stereocenters. The lowest BCUT2D eigenvalue weighted by molar-refractivity contribution is 0.182. The highest BCUT2D eigenvalue weighted by Crippen LogP contribution is 2.17. The summed E-state index contributed by atoms with van der Waals surface area (Å²) >= 11 is 0. The highest BCUT2D eigenvalue weighted by molar-refractivity contribution is 4.69. The van der Waals surface area contributed by atoms with Crippen molar-refractivity contribution in [3.8, 4) is 0 Å². The molecule has 1 aliphatic heterocycles. The predicted molar refractivity (Wildman–Crippen MR) is 42.1 cm³/mol. The van der Waals surface area contributed by atoms with Crippen LogP contribution in [-0.2, 0) is 4.74 Å². The van der Waals surface area contributed by atoms with E-state index >= 15 is 0 Å². The third kappa shape index (κ3) is 2.27. The molecule has 0 radical (unpaired) electrons. The van der Waals surface area contributed by atoms with E-state index in [1.807, 2.05) is 7.05 Å². The minimum atomic E-state index is 0.645. The molecule has 1 saturated heterocycles. The van der Waals surface area contributed by atoms with E-state index in [-0.39, 0.29) is 0 Å². The second-order valence-corrected chi connectivity index (χ2v) is 3.16. The van der Waals surface area contributed by atoms with Crippen molar-refractivity contribution >= 4 is 0 Å². The predicted octanol–water partition coefficient (Wildman–Crippen LogP) is 1.02. The molecule has 1 fully saturated rings. The van der Waals surface area contributed by atoms with Crippen molar-refractivity contribution in [2.24, 2.45) is 5.92 Å². The first kappa shape index (κ1) is 8.02. The van der Waals surface area contributed by atoms with E-state index in [0.29, 0.717) is 6.04 Å². The summed E-state index contributed by atoms with van der Waals surface area (Å²) in [5, 5.41) is 3.24. The van der Waals surface area contributed by atoms with Gasteiger partial charge in [0.25, 0.3) is 0 Å². The van der Waals surface area contributed by atoms with Gasteiger partial charge in [0.15, 0.2) is 0 Å². The molecule has 0 amide bonds. The molecule has 1 rings (SSSR count). The Morgan fingerprint density at radius 1 is 1.70 bits per heavy atom. The van der Waals surface area contributed by atoms with Crippen molar-refractivity contribution in [2.45, 2.75) is 25.8 Å². The van der Waals surface area contributed by atoms with E-state index in [2.05, 4.69) is 12.2 Å². The summed E-state index contributed by atoms with van der Waals surface area (Å²) in [6.07, 6.45) is 2.52. The Morgan fingerprint density at radius 3 is 3.00 bits per heavy atom. The molecule has 10 heavy (non-hydrogen) atoms. The number of hydrogen-bond acceptors (Lipinski definition) is 2. The van der Waals surface area contributed by atoms with Crippen LogP contribution in [-0.4, -0.2) is 26.3 Å². The van der Waals surface area contributed by atoms with Gasteiger partial charge >= 0.3 is 0 Å². The fraction of sp³-hybridized carbons (Fsp3) is 1.00. The number of rotatable bonds is 3. The molecule has 2 nitrogen and oxygen atoms in total. The topological polar surface area (TPSA) is 21.3 Å². The summed E-state index contributed by atoms with van der Waals surface area (Å²) in [5.74, 6) is 0.808. The minimum absolute atomic E-state index is 0.645. The van der Waals surface area contributed by atoms with Gasteiger partial charge < -0.3 is 10.1 Å². The van der Waals surface area contributed by atoms with Gasteiger partial charge in [0.05, 0.1) is 0 Å². The molecule has 1 N–H and O–H groups in total. The summed E-state index contributed by atoms with van der Waals surface area (Å²) in [4.78, 5) is 0. The zero-order valence-corrected chi connectivity index (χ0v) is 6.89. The highest BCUT2D eigenvalue weighted by Gasteiger charge is 2.17. The Morgan fingerprint density at radius 2 is 2.50 bits per heavy atom. The standard InChI is InChI=1S/C8H17NO/c1-7(9-2)5-8-3-4-10-6-8/h7-9H,3-6H2,1-2H3. The van der Waals surface area contributed by atoms with E-state index in [0.717, 1.165) is 19.1 Å². The van der Waals surface area contributed by atoms with Crippen LogP contribution in [0.25, 0.3) is 0 Å². The molecule has 0 aromatic rings. The fourth-order valence-electron chi connectivity index (χ4n) is 1.39. The van der Waals surface area contributed by atoms with Gasteiger partial charge in [0.2, 0.25) is 0 Å². The zero-order valence-electron chi connectivity index (χ0n) is 6.89. The van der Waals surface area contributed by atoms with E-state index in [4.69, 9.17) is 4.74 Å². The molecule has 60 valence electrons. The number of nitrogens with one attached hydrogen (secondary N) is 1. The molecule has 2 atom stereocenters. The van der Waals surface area contributed by atoms with Gasteiger partial charge in [-0.2, -0.15) is 0 Å². The maximum atomic E-state index is 5.27. The summed E-state index contributed by atoms with van der Waals surface area (Å²) in [5.41, 5.74) is 0. The molecule has 2 heteroatoms. The molecule has 0 aromatic heterocycles. The average Bonchev–Trinajstić information content (AvgIpc) is 2.40. The molecule has 0 aromatic carbocycles. The summed E-state index contributed by atoms with van der Waals surface area (Å²) in [6.45, 7) is 4.17. The quantitative estimate of drug-likeness (QED) is 0.637. The van der Waals surface area contributed by atoms with Gasteiger partial charge in [-0.3, -0.25) is 0 Å². The van der Waals surface area contributed by atoms with Gasteiger partial charge in [-0.1, -0.05) is 0 Å². The number of hydrogen-bond donors (Lipinski definition) is 1. The van der Waals surface area contributed by atoms with Crippen LogP contribution in [0.5, 0.6) is 0 Å². The van der Waals surface area contributed by atoms with Crippen molar-refractivity contribution in [3.63, 3.8) is 0 Å². The first-order valence-corrected chi connectivity index (χ1v) is 4.08. The summed E-state index contributed by atoms with van der Waals surface area (Å²) in [7, 11) is 2.01. The van der Waals surface area contributed by atoms with Gasteiger partial charge in [0.1, 0.15) is 0 Å². The van der Waals surface area contributed by atoms with Crippen molar-refractivity contribution < 1.29 is 4.74 Å². The SMILES string of the molecule is CNC(C)CC1CCOC1. The molecule has 0 aliphatic carbocycles. The normalized spacial score (nSPS) is 28.8. The van der Waals surface area contributed by atoms with Crippen molar-refractivity contribution in [1.82, 2.24) is 5.32 Å². The largest absolute Gasteiger partial charge is 0.381 e. The van der Waals surface area contributed by atoms with E-state index in [1.54, 1.807) is 0 Å². The second-order valence-electron chi connectivity index (χ2n) is 3.16. The van der Waals surface area contributed by atoms with Crippen molar-refractivity contribution in [1.29, 1.82) is 0 Å². The molecule has 1 aliphatic rings. The van der Waals surface area contributed by atoms with E-state index < -0.39 is 0 Å². The van der Waals surface area contributed by atoms with Crippen LogP contribution in [0.3, 0.4) is 0 Å². The molecule has 0 bridgehead atoms. The van der Waals surface area contributed by atoms with Gasteiger partial charge in [-0.15, -0.1) is 0 Å². The third-order valence-corrected chi connectivity index (χ3v) is 2.20. The van der Waals surface area contributed by atoms with Gasteiger partial charge in [-0.05, 0) is 32.7 Å². The summed E-state index contributed by atoms with van der Waals surface area (Å²) < 4.78 is 5.27. The molecular formula is C8H17NO. The van der Waals surface area contributed by atoms with Gasteiger partial charge in [-0.25, -0.2) is 0 Å². The molecular weight excluding hydrogens is 126 g/mol. The highest BCUT2D eigenvalue weighted by atomic mass is 16.5. The Hall–Kier alpha value is -0.0800. The second kappa shape index (κ2) is 3.94. The van der Waals surface area contributed by atoms with Crippen LogP contribution in [0.1, 0.15) is 19.8 Å². The van der Waals surface area contributed by atoms with Gasteiger partial charge in [0, 0.05) is 19.3 Å². The minimum Gasteiger partial charge on any atom is -0.381 e. The van der Waals surface area contributed by atoms with Crippen LogP contribution in [0.2, 0.25) is 0 Å². The Balaban J connectivity index is 2.11. The van der Waals surface area contributed by atoms with Crippen LogP contribution < -0.4 is 5.32 Å². The molecule has 0 spiro atoms. The first-order valence-electron chi connectivity index (χ1n) is 4.08. The number of ether oxygens (including phenoxy) is 1. The zero-order chi connectivity index (χ0) is 7.40.